The van der Waals surface area contributed by atoms with Crippen LogP contribution in [0.1, 0.15) is 29.7 Å². The van der Waals surface area contributed by atoms with E-state index < -0.39 is 0 Å². The van der Waals surface area contributed by atoms with Crippen LogP contribution in [0.3, 0.4) is 0 Å². The van der Waals surface area contributed by atoms with Crippen LogP contribution in [0.15, 0.2) is 11.1 Å². The molecule has 2 saturated heterocycles. The maximum absolute atomic E-state index is 12.7. The summed E-state index contributed by atoms with van der Waals surface area (Å²) in [6, 6.07) is 0. The Morgan fingerprint density at radius 2 is 2.08 bits per heavy atom. The first-order valence-corrected chi connectivity index (χ1v) is 9.74. The Bertz CT molecular complexity index is 869. The van der Waals surface area contributed by atoms with Crippen molar-refractivity contribution in [1.29, 1.82) is 0 Å². The van der Waals surface area contributed by atoms with Gasteiger partial charge in [0, 0.05) is 24.5 Å². The molecule has 1 N–H and O–H groups in total. The average molecular weight is 360 g/mol. The highest BCUT2D eigenvalue weighted by atomic mass is 32.1. The van der Waals surface area contributed by atoms with Crippen LogP contribution >= 0.6 is 11.3 Å². The molecule has 0 aliphatic carbocycles. The van der Waals surface area contributed by atoms with Gasteiger partial charge in [-0.2, -0.15) is 0 Å². The van der Waals surface area contributed by atoms with E-state index in [0.29, 0.717) is 10.8 Å². The number of rotatable bonds is 2. The number of aryl methyl sites for hydroxylation is 2. The maximum atomic E-state index is 12.7. The first-order chi connectivity index (χ1) is 12.0. The number of nitrogens with zero attached hydrogens (tertiary/aromatic N) is 3. The van der Waals surface area contributed by atoms with E-state index in [0.717, 1.165) is 54.3 Å². The van der Waals surface area contributed by atoms with Gasteiger partial charge in [-0.05, 0) is 50.6 Å². The molecule has 134 valence electrons. The molecule has 2 aromatic heterocycles. The average Bonchev–Trinajstić information content (AvgIpc) is 3.16. The molecule has 2 aliphatic heterocycles. The number of thiophene rings is 1. The highest BCUT2D eigenvalue weighted by Gasteiger charge is 2.38. The molecular weight excluding hydrogens is 336 g/mol. The number of piperidine rings is 1. The molecule has 1 spiro atoms. The smallest absolute Gasteiger partial charge is 0.262 e. The minimum Gasteiger partial charge on any atom is -0.341 e. The molecule has 0 aromatic carbocycles. The minimum absolute atomic E-state index is 0.0219. The molecule has 25 heavy (non-hydrogen) atoms. The first-order valence-electron chi connectivity index (χ1n) is 8.93. The maximum Gasteiger partial charge on any atom is 0.262 e. The highest BCUT2D eigenvalue weighted by Crippen LogP contribution is 2.36. The third-order valence-corrected chi connectivity index (χ3v) is 7.09. The minimum atomic E-state index is -0.103. The van der Waals surface area contributed by atoms with Crippen LogP contribution in [0.2, 0.25) is 0 Å². The summed E-state index contributed by atoms with van der Waals surface area (Å²) in [7, 11) is 0. The van der Waals surface area contributed by atoms with Gasteiger partial charge in [-0.1, -0.05) is 0 Å². The number of carbonyl (C=O) groups is 1. The molecule has 6 nitrogen and oxygen atoms in total. The Morgan fingerprint density at radius 3 is 2.76 bits per heavy atom. The van der Waals surface area contributed by atoms with E-state index in [4.69, 9.17) is 0 Å². The largest absolute Gasteiger partial charge is 0.341 e. The Hall–Kier alpha value is -1.73. The van der Waals surface area contributed by atoms with Gasteiger partial charge in [-0.25, -0.2) is 4.98 Å². The fourth-order valence-electron chi connectivity index (χ4n) is 4.08. The van der Waals surface area contributed by atoms with Gasteiger partial charge in [-0.3, -0.25) is 14.2 Å². The van der Waals surface area contributed by atoms with Gasteiger partial charge in [-0.15, -0.1) is 11.3 Å². The molecule has 0 atom stereocenters. The van der Waals surface area contributed by atoms with Gasteiger partial charge in [0.2, 0.25) is 5.91 Å². The lowest BCUT2D eigenvalue weighted by atomic mass is 9.78. The third-order valence-electron chi connectivity index (χ3n) is 5.97. The summed E-state index contributed by atoms with van der Waals surface area (Å²) in [6.07, 6.45) is 4.84. The molecule has 4 rings (SSSR count). The fraction of sp³-hybridized carbons (Fsp3) is 0.611. The van der Waals surface area contributed by atoms with Gasteiger partial charge in [0.1, 0.15) is 11.4 Å². The number of carbonyl (C=O) groups excluding carboxylic acids is 1. The van der Waals surface area contributed by atoms with Crippen LogP contribution in [0.4, 0.5) is 0 Å². The standard InChI is InChI=1S/C18H24N4O2S/c1-12-13(2)25-16-15(12)17(24)22(11-20-16)9-14(23)21-7-4-18(5-8-21)3-6-19-10-18/h11,19H,3-10H2,1-2H3. The summed E-state index contributed by atoms with van der Waals surface area (Å²) in [5.41, 5.74) is 1.26. The van der Waals surface area contributed by atoms with E-state index in [1.165, 1.54) is 28.7 Å². The van der Waals surface area contributed by atoms with E-state index in [-0.39, 0.29) is 18.0 Å². The van der Waals surface area contributed by atoms with Crippen molar-refractivity contribution in [3.8, 4) is 0 Å². The molecule has 0 radical (unpaired) electrons. The number of aromatic nitrogens is 2. The lowest BCUT2D eigenvalue weighted by molar-refractivity contribution is -0.134. The SMILES string of the molecule is Cc1sc2ncn(CC(=O)N3CCC4(CCNC4)CC3)c(=O)c2c1C. The van der Waals surface area contributed by atoms with Crippen molar-refractivity contribution in [3.63, 3.8) is 0 Å². The van der Waals surface area contributed by atoms with E-state index in [1.54, 1.807) is 0 Å². The number of hydrogen-bond donors (Lipinski definition) is 1. The van der Waals surface area contributed by atoms with E-state index in [2.05, 4.69) is 10.3 Å². The Labute approximate surface area is 150 Å². The normalized spacial score (nSPS) is 19.8. The highest BCUT2D eigenvalue weighted by molar-refractivity contribution is 7.18. The zero-order valence-electron chi connectivity index (χ0n) is 14.8. The quantitative estimate of drug-likeness (QED) is 0.885. The molecule has 2 aromatic rings. The summed E-state index contributed by atoms with van der Waals surface area (Å²) in [6.45, 7) is 7.78. The summed E-state index contributed by atoms with van der Waals surface area (Å²) in [5, 5.41) is 4.10. The monoisotopic (exact) mass is 360 g/mol. The number of likely N-dealkylation sites (tertiary alicyclic amines) is 1. The van der Waals surface area contributed by atoms with Crippen LogP contribution in [0.5, 0.6) is 0 Å². The lowest BCUT2D eigenvalue weighted by Gasteiger charge is -2.38. The van der Waals surface area contributed by atoms with E-state index in [9.17, 15) is 9.59 Å². The summed E-state index contributed by atoms with van der Waals surface area (Å²) in [5.74, 6) is 0.0219. The molecule has 0 bridgehead atoms. The van der Waals surface area contributed by atoms with Crippen LogP contribution in [0.25, 0.3) is 10.2 Å². The van der Waals surface area contributed by atoms with Gasteiger partial charge >= 0.3 is 0 Å². The Morgan fingerprint density at radius 1 is 1.32 bits per heavy atom. The van der Waals surface area contributed by atoms with E-state index in [1.807, 2.05) is 18.7 Å². The van der Waals surface area contributed by atoms with Crippen molar-refractivity contribution in [2.24, 2.45) is 5.41 Å². The van der Waals surface area contributed by atoms with Gasteiger partial charge in [0.25, 0.3) is 5.56 Å². The molecule has 1 amide bonds. The van der Waals surface area contributed by atoms with Crippen molar-refractivity contribution in [3.05, 3.63) is 27.1 Å². The number of amides is 1. The van der Waals surface area contributed by atoms with Crippen LogP contribution in [0, 0.1) is 19.3 Å². The van der Waals surface area contributed by atoms with E-state index >= 15 is 0 Å². The molecule has 0 saturated carbocycles. The number of nitrogens with one attached hydrogen (secondary N) is 1. The second-order valence-electron chi connectivity index (χ2n) is 7.45. The Kier molecular flexibility index (Phi) is 4.16. The lowest BCUT2D eigenvalue weighted by Crippen LogP contribution is -2.45. The summed E-state index contributed by atoms with van der Waals surface area (Å²) < 4.78 is 1.46. The van der Waals surface area contributed by atoms with Crippen molar-refractivity contribution < 1.29 is 4.79 Å². The summed E-state index contributed by atoms with van der Waals surface area (Å²) >= 11 is 1.53. The predicted molar refractivity (Wildman–Crippen MR) is 99.1 cm³/mol. The van der Waals surface area contributed by atoms with Crippen molar-refractivity contribution in [1.82, 2.24) is 19.8 Å². The summed E-state index contributed by atoms with van der Waals surface area (Å²) in [4.78, 5) is 33.6. The molecule has 7 heteroatoms. The zero-order valence-corrected chi connectivity index (χ0v) is 15.6. The van der Waals surface area contributed by atoms with Crippen molar-refractivity contribution >= 4 is 27.5 Å². The van der Waals surface area contributed by atoms with Crippen molar-refractivity contribution in [2.75, 3.05) is 26.2 Å². The van der Waals surface area contributed by atoms with Gasteiger partial charge in [0.15, 0.2) is 0 Å². The predicted octanol–water partition coefficient (Wildman–Crippen LogP) is 1.68. The number of hydrogen-bond acceptors (Lipinski definition) is 5. The number of fused-ring (bicyclic) bond motifs is 1. The molecule has 2 fully saturated rings. The zero-order chi connectivity index (χ0) is 17.6. The van der Waals surface area contributed by atoms with Crippen LogP contribution in [-0.4, -0.2) is 46.5 Å². The molecular formula is C18H24N4O2S. The topological polar surface area (TPSA) is 67.2 Å². The molecule has 2 aliphatic rings. The Balaban J connectivity index is 1.50. The molecule has 4 heterocycles. The van der Waals surface area contributed by atoms with Crippen LogP contribution in [-0.2, 0) is 11.3 Å². The second kappa shape index (κ2) is 6.21. The van der Waals surface area contributed by atoms with Gasteiger partial charge < -0.3 is 10.2 Å². The third kappa shape index (κ3) is 2.89. The fourth-order valence-corrected chi connectivity index (χ4v) is 5.07. The van der Waals surface area contributed by atoms with Crippen LogP contribution < -0.4 is 10.9 Å². The molecule has 0 unspecified atom stereocenters. The van der Waals surface area contributed by atoms with Gasteiger partial charge in [0.05, 0.1) is 11.7 Å². The van der Waals surface area contributed by atoms with Crippen molar-refractivity contribution in [2.45, 2.75) is 39.7 Å². The second-order valence-corrected chi connectivity index (χ2v) is 8.65. The first kappa shape index (κ1) is 16.7.